The molecule has 17 heavy (non-hydrogen) atoms. The predicted octanol–water partition coefficient (Wildman–Crippen LogP) is 0.925. The summed E-state index contributed by atoms with van der Waals surface area (Å²) in [5, 5.41) is 17.7. The summed E-state index contributed by atoms with van der Waals surface area (Å²) in [5.74, 6) is -1.80. The minimum Gasteiger partial charge on any atom is -0.478 e. The molecule has 6 heteroatoms. The molecule has 0 aliphatic carbocycles. The van der Waals surface area contributed by atoms with E-state index in [0.29, 0.717) is 6.54 Å². The van der Waals surface area contributed by atoms with Gasteiger partial charge in [-0.25, -0.2) is 9.18 Å². The first-order valence-electron chi connectivity index (χ1n) is 5.19. The zero-order valence-electron chi connectivity index (χ0n) is 9.48. The number of carboxylic acids is 1. The molecule has 0 unspecified atom stereocenters. The molecule has 0 amide bonds. The zero-order valence-corrected chi connectivity index (χ0v) is 9.48. The third kappa shape index (κ3) is 2.85. The number of nitrogen functional groups attached to an aromatic ring is 1. The first-order chi connectivity index (χ1) is 8.01. The van der Waals surface area contributed by atoms with Crippen LogP contribution >= 0.6 is 0 Å². The Morgan fingerprint density at radius 2 is 2.18 bits per heavy atom. The molecule has 0 aliphatic heterocycles. The normalized spacial score (nSPS) is 10.3. The molecule has 5 nitrogen and oxygen atoms in total. The summed E-state index contributed by atoms with van der Waals surface area (Å²) >= 11 is 0. The van der Waals surface area contributed by atoms with Gasteiger partial charge < -0.3 is 20.8 Å². The third-order valence-electron chi connectivity index (χ3n) is 2.44. The molecule has 4 N–H and O–H groups in total. The summed E-state index contributed by atoms with van der Waals surface area (Å²) in [5.41, 5.74) is 5.30. The summed E-state index contributed by atoms with van der Waals surface area (Å²) in [6.45, 7) is 2.34. The molecule has 0 saturated carbocycles. The minimum atomic E-state index is -1.20. The molecule has 0 spiro atoms. The van der Waals surface area contributed by atoms with Gasteiger partial charge in [0.05, 0.1) is 17.9 Å². The van der Waals surface area contributed by atoms with Crippen molar-refractivity contribution in [3.8, 4) is 0 Å². The molecule has 1 aromatic rings. The fraction of sp³-hybridized carbons (Fsp3) is 0.364. The lowest BCUT2D eigenvalue weighted by molar-refractivity contribution is 0.0698. The van der Waals surface area contributed by atoms with Gasteiger partial charge in [-0.15, -0.1) is 0 Å². The van der Waals surface area contributed by atoms with E-state index in [1.807, 2.05) is 0 Å². The zero-order chi connectivity index (χ0) is 13.0. The van der Waals surface area contributed by atoms with Crippen molar-refractivity contribution in [3.63, 3.8) is 0 Å². The van der Waals surface area contributed by atoms with Crippen molar-refractivity contribution in [2.75, 3.05) is 30.3 Å². The smallest absolute Gasteiger partial charge is 0.337 e. The van der Waals surface area contributed by atoms with Gasteiger partial charge >= 0.3 is 5.97 Å². The monoisotopic (exact) mass is 242 g/mol. The molecule has 0 bridgehead atoms. The quantitative estimate of drug-likeness (QED) is 0.668. The lowest BCUT2D eigenvalue weighted by Crippen LogP contribution is -2.27. The first kappa shape index (κ1) is 13.2. The van der Waals surface area contributed by atoms with Gasteiger partial charge in [0.2, 0.25) is 0 Å². The van der Waals surface area contributed by atoms with Crippen LogP contribution in [0.25, 0.3) is 0 Å². The molecule has 94 valence electrons. The Hall–Kier alpha value is -1.82. The van der Waals surface area contributed by atoms with Crippen LogP contribution in [0.2, 0.25) is 0 Å². The van der Waals surface area contributed by atoms with Crippen LogP contribution in [0.5, 0.6) is 0 Å². The molecular weight excluding hydrogens is 227 g/mol. The molecule has 0 aliphatic rings. The molecule has 0 radical (unpaired) electrons. The lowest BCUT2D eigenvalue weighted by atomic mass is 10.1. The number of hydrogen-bond donors (Lipinski definition) is 3. The van der Waals surface area contributed by atoms with Crippen LogP contribution in [-0.4, -0.2) is 35.9 Å². The van der Waals surface area contributed by atoms with Gasteiger partial charge in [0.25, 0.3) is 0 Å². The van der Waals surface area contributed by atoms with Crippen molar-refractivity contribution in [1.82, 2.24) is 0 Å². The maximum absolute atomic E-state index is 13.7. The summed E-state index contributed by atoms with van der Waals surface area (Å²) in [7, 11) is 0. The van der Waals surface area contributed by atoms with Crippen LogP contribution in [-0.2, 0) is 0 Å². The number of aromatic carboxylic acids is 1. The van der Waals surface area contributed by atoms with E-state index in [2.05, 4.69) is 0 Å². The maximum Gasteiger partial charge on any atom is 0.337 e. The van der Waals surface area contributed by atoms with Crippen molar-refractivity contribution in [3.05, 3.63) is 23.5 Å². The molecule has 0 saturated heterocycles. The molecule has 0 fully saturated rings. The predicted molar refractivity (Wildman–Crippen MR) is 62.7 cm³/mol. The Labute approximate surface area is 98.3 Å². The van der Waals surface area contributed by atoms with Crippen LogP contribution in [0.3, 0.4) is 0 Å². The fourth-order valence-corrected chi connectivity index (χ4v) is 1.57. The number of hydrogen-bond acceptors (Lipinski definition) is 4. The second-order valence-electron chi connectivity index (χ2n) is 3.50. The molecule has 0 heterocycles. The first-order valence-corrected chi connectivity index (χ1v) is 5.19. The van der Waals surface area contributed by atoms with Crippen LogP contribution in [0.15, 0.2) is 12.1 Å². The lowest BCUT2D eigenvalue weighted by Gasteiger charge is -2.23. The van der Waals surface area contributed by atoms with Crippen LogP contribution in [0, 0.1) is 5.82 Å². The van der Waals surface area contributed by atoms with Crippen molar-refractivity contribution in [1.29, 1.82) is 0 Å². The highest BCUT2D eigenvalue weighted by molar-refractivity contribution is 5.95. The number of nitrogens with zero attached hydrogens (tertiary/aromatic N) is 1. The number of aliphatic hydroxyl groups is 1. The Morgan fingerprint density at radius 1 is 1.53 bits per heavy atom. The number of halogens is 1. The molecular formula is C11H15FN2O3. The topological polar surface area (TPSA) is 86.8 Å². The number of anilines is 2. The Morgan fingerprint density at radius 3 is 2.65 bits per heavy atom. The third-order valence-corrected chi connectivity index (χ3v) is 2.44. The van der Waals surface area contributed by atoms with Gasteiger partial charge in [0.15, 0.2) is 0 Å². The molecule has 0 aromatic heterocycles. The van der Waals surface area contributed by atoms with Gasteiger partial charge in [0.1, 0.15) is 5.82 Å². The standard InChI is InChI=1S/C11H15FN2O3/c1-2-14(3-4-15)10-5-7(11(16)17)9(13)6-8(10)12/h5-6,15H,2-4,13H2,1H3,(H,16,17). The second kappa shape index (κ2) is 5.49. The summed E-state index contributed by atoms with van der Waals surface area (Å²) < 4.78 is 13.7. The highest BCUT2D eigenvalue weighted by Gasteiger charge is 2.16. The average molecular weight is 242 g/mol. The summed E-state index contributed by atoms with van der Waals surface area (Å²) in [6, 6.07) is 2.17. The van der Waals surface area contributed by atoms with E-state index < -0.39 is 11.8 Å². The number of carboxylic acid groups (broad SMARTS) is 1. The average Bonchev–Trinajstić information content (AvgIpc) is 2.26. The highest BCUT2D eigenvalue weighted by Crippen LogP contribution is 2.25. The van der Waals surface area contributed by atoms with Crippen LogP contribution < -0.4 is 10.6 Å². The van der Waals surface area contributed by atoms with Crippen LogP contribution in [0.4, 0.5) is 15.8 Å². The van der Waals surface area contributed by atoms with E-state index in [9.17, 15) is 9.18 Å². The number of carbonyl (C=O) groups is 1. The van der Waals surface area contributed by atoms with Crippen molar-refractivity contribution < 1.29 is 19.4 Å². The van der Waals surface area contributed by atoms with Gasteiger partial charge in [-0.2, -0.15) is 0 Å². The molecule has 1 aromatic carbocycles. The van der Waals surface area contributed by atoms with Gasteiger partial charge in [-0.1, -0.05) is 0 Å². The maximum atomic E-state index is 13.7. The van der Waals surface area contributed by atoms with E-state index in [1.165, 1.54) is 6.07 Å². The Bertz CT molecular complexity index is 423. The van der Waals surface area contributed by atoms with Gasteiger partial charge in [0, 0.05) is 18.8 Å². The van der Waals surface area contributed by atoms with E-state index in [4.69, 9.17) is 15.9 Å². The Balaban J connectivity index is 3.22. The van der Waals surface area contributed by atoms with E-state index in [0.717, 1.165) is 6.07 Å². The minimum absolute atomic E-state index is 0.112. The number of nitrogens with two attached hydrogens (primary N) is 1. The van der Waals surface area contributed by atoms with E-state index >= 15 is 0 Å². The van der Waals surface area contributed by atoms with Gasteiger partial charge in [-0.05, 0) is 19.1 Å². The van der Waals surface area contributed by atoms with Crippen LogP contribution in [0.1, 0.15) is 17.3 Å². The summed E-state index contributed by atoms with van der Waals surface area (Å²) in [4.78, 5) is 12.4. The Kier molecular flexibility index (Phi) is 4.28. The number of aliphatic hydroxyl groups excluding tert-OH is 1. The number of benzene rings is 1. The fourth-order valence-electron chi connectivity index (χ4n) is 1.57. The SMILES string of the molecule is CCN(CCO)c1cc(C(=O)O)c(N)cc1F. The summed E-state index contributed by atoms with van der Waals surface area (Å²) in [6.07, 6.45) is 0. The molecule has 0 atom stereocenters. The second-order valence-corrected chi connectivity index (χ2v) is 3.50. The van der Waals surface area contributed by atoms with Crippen molar-refractivity contribution in [2.24, 2.45) is 0 Å². The highest BCUT2D eigenvalue weighted by atomic mass is 19.1. The van der Waals surface area contributed by atoms with Gasteiger partial charge in [-0.3, -0.25) is 0 Å². The van der Waals surface area contributed by atoms with E-state index in [-0.39, 0.29) is 30.1 Å². The van der Waals surface area contributed by atoms with Crippen molar-refractivity contribution >= 4 is 17.3 Å². The largest absolute Gasteiger partial charge is 0.478 e. The molecule has 1 rings (SSSR count). The number of rotatable bonds is 5. The van der Waals surface area contributed by atoms with Crippen molar-refractivity contribution in [2.45, 2.75) is 6.92 Å². The number of likely N-dealkylation sites (N-methyl/N-ethyl adjacent to an activating group) is 1. The van der Waals surface area contributed by atoms with E-state index in [1.54, 1.807) is 11.8 Å².